The lowest BCUT2D eigenvalue weighted by Crippen LogP contribution is -2.09. The third-order valence-corrected chi connectivity index (χ3v) is 2.66. The molecule has 0 aliphatic heterocycles. The van der Waals surface area contributed by atoms with Gasteiger partial charge < -0.3 is 5.73 Å². The van der Waals surface area contributed by atoms with Crippen LogP contribution in [0.3, 0.4) is 0 Å². The van der Waals surface area contributed by atoms with Crippen LogP contribution in [0.1, 0.15) is 34.3 Å². The van der Waals surface area contributed by atoms with Crippen molar-refractivity contribution in [3.05, 3.63) is 28.8 Å². The van der Waals surface area contributed by atoms with Crippen LogP contribution in [0.2, 0.25) is 0 Å². The summed E-state index contributed by atoms with van der Waals surface area (Å²) in [5.74, 6) is -0.116. The van der Waals surface area contributed by atoms with Gasteiger partial charge in [-0.15, -0.1) is 0 Å². The Morgan fingerprint density at radius 2 is 2.00 bits per heavy atom. The number of ketones is 1. The molecule has 2 N–H and O–H groups in total. The first-order valence-corrected chi connectivity index (χ1v) is 4.96. The first kappa shape index (κ1) is 10.2. The predicted molar refractivity (Wildman–Crippen MR) is 57.3 cm³/mol. The second kappa shape index (κ2) is 3.67. The lowest BCUT2D eigenvalue weighted by Gasteiger charge is -2.07. The van der Waals surface area contributed by atoms with Crippen molar-refractivity contribution in [1.82, 2.24) is 0 Å². The van der Waals surface area contributed by atoms with Gasteiger partial charge in [-0.1, -0.05) is 0 Å². The standard InChI is InChI=1S/C12H9N3O/c13-5-8-3-4-10(15)11(9(8)6-14)12(16)7-1-2-7/h3-4,7H,1-2,15H2. The van der Waals surface area contributed by atoms with Gasteiger partial charge in [0.2, 0.25) is 0 Å². The van der Waals surface area contributed by atoms with E-state index in [-0.39, 0.29) is 34.1 Å². The number of nitriles is 2. The van der Waals surface area contributed by atoms with E-state index in [4.69, 9.17) is 16.3 Å². The fourth-order valence-corrected chi connectivity index (χ4v) is 1.64. The minimum absolute atomic E-state index is 0.0108. The number of hydrogen-bond donors (Lipinski definition) is 1. The molecule has 0 atom stereocenters. The largest absolute Gasteiger partial charge is 0.398 e. The Kier molecular flexibility index (Phi) is 2.34. The van der Waals surface area contributed by atoms with Gasteiger partial charge in [-0.2, -0.15) is 10.5 Å². The van der Waals surface area contributed by atoms with Crippen molar-refractivity contribution in [2.45, 2.75) is 12.8 Å². The van der Waals surface area contributed by atoms with Gasteiger partial charge in [0, 0.05) is 11.6 Å². The Bertz CT molecular complexity index is 545. The molecule has 0 heterocycles. The summed E-state index contributed by atoms with van der Waals surface area (Å²) in [6, 6.07) is 6.77. The molecule has 1 aromatic rings. The van der Waals surface area contributed by atoms with Crippen LogP contribution in [-0.4, -0.2) is 5.78 Å². The maximum atomic E-state index is 11.9. The van der Waals surface area contributed by atoms with Crippen LogP contribution in [0.4, 0.5) is 5.69 Å². The van der Waals surface area contributed by atoms with E-state index in [9.17, 15) is 4.79 Å². The van der Waals surface area contributed by atoms with Crippen molar-refractivity contribution in [2.75, 3.05) is 5.73 Å². The van der Waals surface area contributed by atoms with Crippen LogP contribution in [0.25, 0.3) is 0 Å². The van der Waals surface area contributed by atoms with Gasteiger partial charge in [0.05, 0.1) is 16.7 Å². The monoisotopic (exact) mass is 211 g/mol. The van der Waals surface area contributed by atoms with Crippen LogP contribution in [0.15, 0.2) is 12.1 Å². The Hall–Kier alpha value is -2.33. The van der Waals surface area contributed by atoms with Gasteiger partial charge >= 0.3 is 0 Å². The normalized spacial score (nSPS) is 13.9. The van der Waals surface area contributed by atoms with E-state index in [1.54, 1.807) is 0 Å². The van der Waals surface area contributed by atoms with E-state index in [1.165, 1.54) is 12.1 Å². The third-order valence-electron chi connectivity index (χ3n) is 2.66. The molecule has 0 saturated heterocycles. The highest BCUT2D eigenvalue weighted by Crippen LogP contribution is 2.35. The molecule has 0 unspecified atom stereocenters. The van der Waals surface area contributed by atoms with Crippen molar-refractivity contribution in [3.8, 4) is 12.1 Å². The molecular weight excluding hydrogens is 202 g/mol. The highest BCUT2D eigenvalue weighted by molar-refractivity contribution is 6.06. The summed E-state index contributed by atoms with van der Waals surface area (Å²) in [4.78, 5) is 11.9. The SMILES string of the molecule is N#Cc1ccc(N)c(C(=O)C2CC2)c1C#N. The smallest absolute Gasteiger partial charge is 0.169 e. The molecule has 2 rings (SSSR count). The van der Waals surface area contributed by atoms with Crippen molar-refractivity contribution < 1.29 is 4.79 Å². The van der Waals surface area contributed by atoms with E-state index in [0.29, 0.717) is 0 Å². The van der Waals surface area contributed by atoms with Gasteiger partial charge in [-0.25, -0.2) is 0 Å². The predicted octanol–water partition coefficient (Wildman–Crippen LogP) is 1.60. The Morgan fingerprint density at radius 1 is 1.31 bits per heavy atom. The molecule has 0 spiro atoms. The number of anilines is 1. The maximum Gasteiger partial charge on any atom is 0.169 e. The molecule has 16 heavy (non-hydrogen) atoms. The molecule has 1 aliphatic rings. The lowest BCUT2D eigenvalue weighted by atomic mass is 9.95. The molecule has 0 bridgehead atoms. The topological polar surface area (TPSA) is 90.7 Å². The number of nitrogens with zero attached hydrogens (tertiary/aromatic N) is 2. The number of nitrogen functional groups attached to an aromatic ring is 1. The highest BCUT2D eigenvalue weighted by Gasteiger charge is 2.33. The summed E-state index contributed by atoms with van der Waals surface area (Å²) in [5.41, 5.74) is 6.54. The van der Waals surface area contributed by atoms with Crippen LogP contribution in [-0.2, 0) is 0 Å². The van der Waals surface area contributed by atoms with E-state index >= 15 is 0 Å². The molecule has 4 nitrogen and oxygen atoms in total. The fourth-order valence-electron chi connectivity index (χ4n) is 1.64. The summed E-state index contributed by atoms with van der Waals surface area (Å²) in [7, 11) is 0. The fraction of sp³-hybridized carbons (Fsp3) is 0.250. The van der Waals surface area contributed by atoms with E-state index in [2.05, 4.69) is 0 Å². The first-order valence-electron chi connectivity index (χ1n) is 4.96. The quantitative estimate of drug-likeness (QED) is 0.594. The number of nitrogens with two attached hydrogens (primary N) is 1. The molecule has 0 amide bonds. The molecule has 1 aliphatic carbocycles. The lowest BCUT2D eigenvalue weighted by molar-refractivity contribution is 0.0968. The summed E-state index contributed by atoms with van der Waals surface area (Å²) in [6.45, 7) is 0. The molecule has 78 valence electrons. The average molecular weight is 211 g/mol. The first-order chi connectivity index (χ1) is 7.69. The number of Topliss-reactive ketones (excluding diaryl/α,β-unsaturated/α-hetero) is 1. The van der Waals surface area contributed by atoms with Gasteiger partial charge in [0.15, 0.2) is 5.78 Å². The van der Waals surface area contributed by atoms with E-state index < -0.39 is 0 Å². The summed E-state index contributed by atoms with van der Waals surface area (Å²) in [6.07, 6.45) is 1.69. The van der Waals surface area contributed by atoms with Crippen molar-refractivity contribution in [2.24, 2.45) is 5.92 Å². The van der Waals surface area contributed by atoms with Gasteiger partial charge in [-0.3, -0.25) is 4.79 Å². The minimum Gasteiger partial charge on any atom is -0.398 e. The zero-order valence-corrected chi connectivity index (χ0v) is 8.53. The van der Waals surface area contributed by atoms with Crippen molar-refractivity contribution >= 4 is 11.5 Å². The summed E-state index contributed by atoms with van der Waals surface area (Å²) < 4.78 is 0. The number of benzene rings is 1. The number of carbonyl (C=O) groups excluding carboxylic acids is 1. The molecular formula is C12H9N3O. The van der Waals surface area contributed by atoms with E-state index in [1.807, 2.05) is 12.1 Å². The Balaban J connectivity index is 2.62. The number of hydrogen-bond acceptors (Lipinski definition) is 4. The maximum absolute atomic E-state index is 11.9. The van der Waals surface area contributed by atoms with Crippen LogP contribution < -0.4 is 5.73 Å². The highest BCUT2D eigenvalue weighted by atomic mass is 16.1. The average Bonchev–Trinajstić information content (AvgIpc) is 3.11. The zero-order chi connectivity index (χ0) is 11.7. The molecule has 0 aromatic heterocycles. The van der Waals surface area contributed by atoms with Gasteiger partial charge in [-0.05, 0) is 25.0 Å². The van der Waals surface area contributed by atoms with Crippen LogP contribution >= 0.6 is 0 Å². The molecule has 1 saturated carbocycles. The zero-order valence-electron chi connectivity index (χ0n) is 8.53. The molecule has 1 aromatic carbocycles. The van der Waals surface area contributed by atoms with Crippen LogP contribution in [0.5, 0.6) is 0 Å². The Labute approximate surface area is 92.9 Å². The number of rotatable bonds is 2. The third kappa shape index (κ3) is 1.51. The van der Waals surface area contributed by atoms with Crippen molar-refractivity contribution in [1.29, 1.82) is 10.5 Å². The molecule has 1 fully saturated rings. The number of carbonyl (C=O) groups is 1. The van der Waals surface area contributed by atoms with Gasteiger partial charge in [0.1, 0.15) is 12.1 Å². The van der Waals surface area contributed by atoms with Gasteiger partial charge in [0.25, 0.3) is 0 Å². The Morgan fingerprint density at radius 3 is 2.50 bits per heavy atom. The molecule has 0 radical (unpaired) electrons. The van der Waals surface area contributed by atoms with Crippen molar-refractivity contribution in [3.63, 3.8) is 0 Å². The molecule has 4 heteroatoms. The summed E-state index contributed by atoms with van der Waals surface area (Å²) >= 11 is 0. The summed E-state index contributed by atoms with van der Waals surface area (Å²) in [5, 5.41) is 17.8. The second-order valence-corrected chi connectivity index (χ2v) is 3.81. The second-order valence-electron chi connectivity index (χ2n) is 3.81. The van der Waals surface area contributed by atoms with Crippen LogP contribution in [0, 0.1) is 28.6 Å². The van der Waals surface area contributed by atoms with E-state index in [0.717, 1.165) is 12.8 Å². The minimum atomic E-state index is -0.105.